The summed E-state index contributed by atoms with van der Waals surface area (Å²) in [5, 5.41) is 18.3. The molecule has 0 aliphatic heterocycles. The van der Waals surface area contributed by atoms with Crippen LogP contribution in [0.1, 0.15) is 24.5 Å². The second kappa shape index (κ2) is 6.65. The maximum atomic E-state index is 11.3. The van der Waals surface area contributed by atoms with Gasteiger partial charge < -0.3 is 10.2 Å². The molecule has 0 spiro atoms. The lowest BCUT2D eigenvalue weighted by molar-refractivity contribution is -0.145. The first-order valence-electron chi connectivity index (χ1n) is 6.05. The van der Waals surface area contributed by atoms with Crippen LogP contribution in [0.2, 0.25) is 0 Å². The Hall–Kier alpha value is -2.43. The van der Waals surface area contributed by atoms with E-state index >= 15 is 0 Å². The van der Waals surface area contributed by atoms with Crippen molar-refractivity contribution >= 4 is 23.8 Å². The van der Waals surface area contributed by atoms with Crippen LogP contribution in [0.15, 0.2) is 29.8 Å². The van der Waals surface area contributed by atoms with E-state index in [1.807, 2.05) is 6.92 Å². The first kappa shape index (κ1) is 15.6. The first-order valence-corrected chi connectivity index (χ1v) is 6.05. The first-order chi connectivity index (χ1) is 9.31. The molecule has 0 amide bonds. The molecule has 1 rings (SSSR count). The molecule has 0 aliphatic rings. The highest BCUT2D eigenvalue weighted by Crippen LogP contribution is 2.20. The SMILES string of the molecule is CC(=O)CC(C(=O)O)C(=Cc1ccc(C)cc1)C(=O)O. The average molecular weight is 276 g/mol. The number of carbonyl (C=O) groups is 3. The molecule has 1 aromatic rings. The number of hydrogen-bond acceptors (Lipinski definition) is 3. The van der Waals surface area contributed by atoms with Gasteiger partial charge in [-0.15, -0.1) is 0 Å². The second-order valence-corrected chi connectivity index (χ2v) is 4.61. The number of carboxylic acid groups (broad SMARTS) is 2. The highest BCUT2D eigenvalue weighted by Gasteiger charge is 2.28. The van der Waals surface area contributed by atoms with Gasteiger partial charge in [0.1, 0.15) is 5.78 Å². The maximum absolute atomic E-state index is 11.3. The summed E-state index contributed by atoms with van der Waals surface area (Å²) in [4.78, 5) is 33.5. The Bertz CT molecular complexity index is 554. The van der Waals surface area contributed by atoms with Crippen LogP contribution in [0.25, 0.3) is 6.08 Å². The molecule has 0 fully saturated rings. The van der Waals surface area contributed by atoms with Crippen molar-refractivity contribution in [3.63, 3.8) is 0 Å². The molecule has 0 bridgehead atoms. The Kier molecular flexibility index (Phi) is 5.20. The third-order valence-corrected chi connectivity index (χ3v) is 2.81. The molecule has 2 N–H and O–H groups in total. The Morgan fingerprint density at radius 1 is 1.15 bits per heavy atom. The zero-order valence-corrected chi connectivity index (χ0v) is 11.3. The number of benzene rings is 1. The minimum Gasteiger partial charge on any atom is -0.481 e. The predicted molar refractivity (Wildman–Crippen MR) is 73.2 cm³/mol. The fourth-order valence-corrected chi connectivity index (χ4v) is 1.77. The van der Waals surface area contributed by atoms with Crippen molar-refractivity contribution in [2.45, 2.75) is 20.3 Å². The van der Waals surface area contributed by atoms with Gasteiger partial charge in [0, 0.05) is 6.42 Å². The van der Waals surface area contributed by atoms with Gasteiger partial charge in [0.05, 0.1) is 11.5 Å². The van der Waals surface area contributed by atoms with Crippen LogP contribution in [0.4, 0.5) is 0 Å². The van der Waals surface area contributed by atoms with Crippen LogP contribution < -0.4 is 0 Å². The lowest BCUT2D eigenvalue weighted by Gasteiger charge is -2.11. The van der Waals surface area contributed by atoms with E-state index < -0.39 is 17.9 Å². The van der Waals surface area contributed by atoms with Crippen molar-refractivity contribution in [2.24, 2.45) is 5.92 Å². The van der Waals surface area contributed by atoms with Gasteiger partial charge in [0.25, 0.3) is 0 Å². The molecule has 20 heavy (non-hydrogen) atoms. The van der Waals surface area contributed by atoms with Gasteiger partial charge in [0.2, 0.25) is 0 Å². The number of rotatable bonds is 6. The maximum Gasteiger partial charge on any atom is 0.332 e. The molecule has 5 heteroatoms. The summed E-state index contributed by atoms with van der Waals surface area (Å²) in [5.74, 6) is -4.36. The third-order valence-electron chi connectivity index (χ3n) is 2.81. The van der Waals surface area contributed by atoms with Crippen LogP contribution >= 0.6 is 0 Å². The van der Waals surface area contributed by atoms with E-state index in [1.165, 1.54) is 13.0 Å². The van der Waals surface area contributed by atoms with Crippen molar-refractivity contribution in [2.75, 3.05) is 0 Å². The Balaban J connectivity index is 3.20. The number of ketones is 1. The Morgan fingerprint density at radius 2 is 1.70 bits per heavy atom. The molecule has 0 saturated heterocycles. The van der Waals surface area contributed by atoms with Gasteiger partial charge in [-0.05, 0) is 25.5 Å². The summed E-state index contributed by atoms with van der Waals surface area (Å²) in [7, 11) is 0. The standard InChI is InChI=1S/C15H16O5/c1-9-3-5-11(6-4-9)8-13(15(19)20)12(14(17)18)7-10(2)16/h3-6,8,12H,7H2,1-2H3,(H,17,18)(H,19,20). The molecular weight excluding hydrogens is 260 g/mol. The number of carbonyl (C=O) groups excluding carboxylic acids is 1. The molecule has 106 valence electrons. The fourth-order valence-electron chi connectivity index (χ4n) is 1.77. The van der Waals surface area contributed by atoms with Crippen molar-refractivity contribution in [1.29, 1.82) is 0 Å². The lowest BCUT2D eigenvalue weighted by Crippen LogP contribution is -2.23. The minimum atomic E-state index is -1.34. The van der Waals surface area contributed by atoms with Gasteiger partial charge in [-0.3, -0.25) is 9.59 Å². The zero-order valence-electron chi connectivity index (χ0n) is 11.3. The largest absolute Gasteiger partial charge is 0.481 e. The Labute approximate surface area is 116 Å². The van der Waals surface area contributed by atoms with Crippen LogP contribution in [-0.2, 0) is 14.4 Å². The number of hydrogen-bond donors (Lipinski definition) is 2. The van der Waals surface area contributed by atoms with Gasteiger partial charge in [-0.1, -0.05) is 29.8 Å². The van der Waals surface area contributed by atoms with E-state index in [9.17, 15) is 19.5 Å². The summed E-state index contributed by atoms with van der Waals surface area (Å²) in [6, 6.07) is 6.99. The number of aryl methyl sites for hydroxylation is 1. The van der Waals surface area contributed by atoms with E-state index in [0.717, 1.165) is 5.56 Å². The molecule has 0 aliphatic carbocycles. The minimum absolute atomic E-state index is 0.295. The van der Waals surface area contributed by atoms with Crippen LogP contribution in [0, 0.1) is 12.8 Å². The van der Waals surface area contributed by atoms with Crippen molar-refractivity contribution in [3.05, 3.63) is 41.0 Å². The molecule has 0 radical (unpaired) electrons. The average Bonchev–Trinajstić information content (AvgIpc) is 2.35. The number of Topliss-reactive ketones (excluding diaryl/α,β-unsaturated/α-hetero) is 1. The highest BCUT2D eigenvalue weighted by molar-refractivity contribution is 6.00. The molecule has 5 nitrogen and oxygen atoms in total. The van der Waals surface area contributed by atoms with E-state index in [4.69, 9.17) is 5.11 Å². The fraction of sp³-hybridized carbons (Fsp3) is 0.267. The van der Waals surface area contributed by atoms with E-state index in [0.29, 0.717) is 5.56 Å². The van der Waals surface area contributed by atoms with E-state index in [2.05, 4.69) is 0 Å². The molecule has 0 heterocycles. The normalized spacial score (nSPS) is 12.8. The molecular formula is C15H16O5. The number of carboxylic acids is 2. The monoisotopic (exact) mass is 276 g/mol. The smallest absolute Gasteiger partial charge is 0.332 e. The topological polar surface area (TPSA) is 91.7 Å². The van der Waals surface area contributed by atoms with Crippen LogP contribution in [-0.4, -0.2) is 27.9 Å². The van der Waals surface area contributed by atoms with Gasteiger partial charge >= 0.3 is 11.9 Å². The third kappa shape index (κ3) is 4.35. The zero-order chi connectivity index (χ0) is 15.3. The summed E-state index contributed by atoms with van der Waals surface area (Å²) < 4.78 is 0. The molecule has 1 unspecified atom stereocenters. The van der Waals surface area contributed by atoms with Crippen molar-refractivity contribution in [1.82, 2.24) is 0 Å². The van der Waals surface area contributed by atoms with Crippen LogP contribution in [0.3, 0.4) is 0 Å². The summed E-state index contributed by atoms with van der Waals surface area (Å²) in [6.45, 7) is 3.13. The summed E-state index contributed by atoms with van der Waals surface area (Å²) in [5.41, 5.74) is 1.30. The molecule has 0 aromatic heterocycles. The van der Waals surface area contributed by atoms with Gasteiger partial charge in [0.15, 0.2) is 0 Å². The van der Waals surface area contributed by atoms with Crippen LogP contribution in [0.5, 0.6) is 0 Å². The quantitative estimate of drug-likeness (QED) is 0.777. The lowest BCUT2D eigenvalue weighted by atomic mass is 9.92. The van der Waals surface area contributed by atoms with E-state index in [-0.39, 0.29) is 17.8 Å². The van der Waals surface area contributed by atoms with Crippen molar-refractivity contribution in [3.8, 4) is 0 Å². The Morgan fingerprint density at radius 3 is 2.10 bits per heavy atom. The van der Waals surface area contributed by atoms with E-state index in [1.54, 1.807) is 24.3 Å². The molecule has 0 saturated carbocycles. The molecule has 1 aromatic carbocycles. The second-order valence-electron chi connectivity index (χ2n) is 4.61. The number of aliphatic carboxylic acids is 2. The summed E-state index contributed by atoms with van der Waals surface area (Å²) >= 11 is 0. The van der Waals surface area contributed by atoms with Gasteiger partial charge in [-0.25, -0.2) is 4.79 Å². The van der Waals surface area contributed by atoms with Crippen molar-refractivity contribution < 1.29 is 24.6 Å². The molecule has 1 atom stereocenters. The predicted octanol–water partition coefficient (Wildman–Crippen LogP) is 2.14. The van der Waals surface area contributed by atoms with Gasteiger partial charge in [-0.2, -0.15) is 0 Å². The summed E-state index contributed by atoms with van der Waals surface area (Å²) in [6.07, 6.45) is 0.961. The highest BCUT2D eigenvalue weighted by atomic mass is 16.4.